The number of nitrogens with zero attached hydrogens (tertiary/aromatic N) is 3. The molecule has 1 N–H and O–H groups in total. The second-order valence-electron chi connectivity index (χ2n) is 5.97. The Morgan fingerprint density at radius 2 is 1.90 bits per heavy atom. The third kappa shape index (κ3) is 3.30. The summed E-state index contributed by atoms with van der Waals surface area (Å²) in [5.74, 6) is -0.374. The van der Waals surface area contributed by atoms with Gasteiger partial charge in [-0.05, 0) is 42.8 Å². The number of carboxylic acid groups (broad SMARTS) is 1. The number of hydrogen-bond acceptors (Lipinski definition) is 4. The molecule has 2 heterocycles. The fraction of sp³-hybridized carbons (Fsp3) is 0.571. The lowest BCUT2D eigenvalue weighted by molar-refractivity contribution is 0.0696. The van der Waals surface area contributed by atoms with Gasteiger partial charge in [-0.2, -0.15) is 0 Å². The summed E-state index contributed by atoms with van der Waals surface area (Å²) in [7, 11) is 0. The minimum Gasteiger partial charge on any atom is -0.478 e. The Labute approximate surface area is 127 Å². The summed E-state index contributed by atoms with van der Waals surface area (Å²) in [5, 5.41) is 9.30. The second-order valence-corrected chi connectivity index (χ2v) is 6.89. The quantitative estimate of drug-likeness (QED) is 0.895. The highest BCUT2D eigenvalue weighted by Gasteiger charge is 2.28. The lowest BCUT2D eigenvalue weighted by Crippen LogP contribution is -2.53. The molecule has 1 aromatic rings. The molecular weight excluding hydrogens is 322 g/mol. The summed E-state index contributed by atoms with van der Waals surface area (Å²) in [6, 6.07) is 1.61. The molecule has 6 heteroatoms. The molecule has 2 rings (SSSR count). The van der Waals surface area contributed by atoms with Crippen LogP contribution in [0.2, 0.25) is 0 Å². The van der Waals surface area contributed by atoms with Gasteiger partial charge in [0.05, 0.1) is 0 Å². The number of rotatable bonds is 2. The van der Waals surface area contributed by atoms with Crippen LogP contribution in [0.1, 0.15) is 31.1 Å². The van der Waals surface area contributed by atoms with Crippen molar-refractivity contribution in [3.8, 4) is 0 Å². The van der Waals surface area contributed by atoms with Gasteiger partial charge in [0, 0.05) is 42.4 Å². The molecule has 1 fully saturated rings. The minimum atomic E-state index is -0.938. The van der Waals surface area contributed by atoms with E-state index in [1.54, 1.807) is 12.3 Å². The molecule has 0 bridgehead atoms. The maximum absolute atomic E-state index is 11.3. The molecule has 0 radical (unpaired) electrons. The van der Waals surface area contributed by atoms with Crippen LogP contribution >= 0.6 is 15.9 Å². The summed E-state index contributed by atoms with van der Waals surface area (Å²) in [6.07, 6.45) is 1.65. The Kier molecular flexibility index (Phi) is 4.34. The van der Waals surface area contributed by atoms with Gasteiger partial charge in [-0.1, -0.05) is 0 Å². The number of piperazine rings is 1. The Hall–Kier alpha value is -1.14. The number of pyridine rings is 1. The number of carboxylic acids is 1. The van der Waals surface area contributed by atoms with Crippen molar-refractivity contribution in [2.24, 2.45) is 0 Å². The van der Waals surface area contributed by atoms with Crippen molar-refractivity contribution >= 4 is 27.7 Å². The largest absolute Gasteiger partial charge is 0.478 e. The van der Waals surface area contributed by atoms with E-state index in [-0.39, 0.29) is 11.1 Å². The zero-order valence-electron chi connectivity index (χ0n) is 12.1. The van der Waals surface area contributed by atoms with Gasteiger partial charge in [0.15, 0.2) is 0 Å². The van der Waals surface area contributed by atoms with Crippen LogP contribution in [-0.4, -0.2) is 52.7 Å². The summed E-state index contributed by atoms with van der Waals surface area (Å²) in [5.41, 5.74) is 0.401. The van der Waals surface area contributed by atoms with Crippen molar-refractivity contribution in [2.75, 3.05) is 31.1 Å². The van der Waals surface area contributed by atoms with E-state index in [1.165, 1.54) is 0 Å². The smallest absolute Gasteiger partial charge is 0.339 e. The first-order valence-electron chi connectivity index (χ1n) is 6.68. The number of hydrogen-bond donors (Lipinski definition) is 1. The Balaban J connectivity index is 2.17. The van der Waals surface area contributed by atoms with E-state index in [9.17, 15) is 9.90 Å². The first-order chi connectivity index (χ1) is 9.29. The molecule has 20 heavy (non-hydrogen) atoms. The molecular formula is C14H20BrN3O2. The second kappa shape index (κ2) is 5.69. The Bertz CT molecular complexity index is 506. The van der Waals surface area contributed by atoms with Crippen molar-refractivity contribution in [1.82, 2.24) is 9.88 Å². The molecule has 0 aromatic carbocycles. The van der Waals surface area contributed by atoms with Gasteiger partial charge < -0.3 is 10.0 Å². The normalized spacial score (nSPS) is 17.3. The van der Waals surface area contributed by atoms with E-state index >= 15 is 0 Å². The fourth-order valence-electron chi connectivity index (χ4n) is 2.43. The van der Waals surface area contributed by atoms with Crippen LogP contribution < -0.4 is 4.90 Å². The van der Waals surface area contributed by atoms with Crippen molar-refractivity contribution in [1.29, 1.82) is 0 Å². The van der Waals surface area contributed by atoms with Crippen molar-refractivity contribution in [2.45, 2.75) is 26.3 Å². The van der Waals surface area contributed by atoms with E-state index in [1.807, 2.05) is 0 Å². The van der Waals surface area contributed by atoms with E-state index < -0.39 is 5.97 Å². The SMILES string of the molecule is CC(C)(C)N1CCN(c2ncc(Br)cc2C(=O)O)CC1. The maximum Gasteiger partial charge on any atom is 0.339 e. The van der Waals surface area contributed by atoms with Crippen molar-refractivity contribution in [3.63, 3.8) is 0 Å². The molecule has 0 amide bonds. The van der Waals surface area contributed by atoms with Crippen molar-refractivity contribution in [3.05, 3.63) is 22.3 Å². The van der Waals surface area contributed by atoms with Crippen LogP contribution in [0, 0.1) is 0 Å². The van der Waals surface area contributed by atoms with E-state index in [0.29, 0.717) is 10.3 Å². The highest BCUT2D eigenvalue weighted by Crippen LogP contribution is 2.24. The molecule has 0 spiro atoms. The van der Waals surface area contributed by atoms with Crippen LogP contribution in [0.5, 0.6) is 0 Å². The van der Waals surface area contributed by atoms with Crippen LogP contribution in [0.25, 0.3) is 0 Å². The molecule has 0 aliphatic carbocycles. The lowest BCUT2D eigenvalue weighted by atomic mass is 10.0. The summed E-state index contributed by atoms with van der Waals surface area (Å²) < 4.78 is 0.687. The van der Waals surface area contributed by atoms with E-state index in [0.717, 1.165) is 26.2 Å². The van der Waals surface area contributed by atoms with E-state index in [2.05, 4.69) is 51.5 Å². The van der Waals surface area contributed by atoms with Gasteiger partial charge in [0.25, 0.3) is 0 Å². The zero-order chi connectivity index (χ0) is 14.9. The third-order valence-corrected chi connectivity index (χ3v) is 4.03. The average Bonchev–Trinajstić information content (AvgIpc) is 2.37. The summed E-state index contributed by atoms with van der Waals surface area (Å²) >= 11 is 3.27. The summed E-state index contributed by atoms with van der Waals surface area (Å²) in [4.78, 5) is 20.1. The summed E-state index contributed by atoms with van der Waals surface area (Å²) in [6.45, 7) is 10.0. The van der Waals surface area contributed by atoms with Gasteiger partial charge in [-0.3, -0.25) is 4.90 Å². The van der Waals surface area contributed by atoms with Crippen LogP contribution in [-0.2, 0) is 0 Å². The van der Waals surface area contributed by atoms with Crippen molar-refractivity contribution < 1.29 is 9.90 Å². The standard InChI is InChI=1S/C14H20BrN3O2/c1-14(2,3)18-6-4-17(5-7-18)12-11(13(19)20)8-10(15)9-16-12/h8-9H,4-7H2,1-3H3,(H,19,20). The number of anilines is 1. The predicted molar refractivity (Wildman–Crippen MR) is 82.4 cm³/mol. The zero-order valence-corrected chi connectivity index (χ0v) is 13.6. The highest BCUT2D eigenvalue weighted by molar-refractivity contribution is 9.10. The Morgan fingerprint density at radius 3 is 2.40 bits per heavy atom. The topological polar surface area (TPSA) is 56.7 Å². The number of halogens is 1. The lowest BCUT2D eigenvalue weighted by Gasteiger charge is -2.42. The molecule has 1 aliphatic rings. The molecule has 0 unspecified atom stereocenters. The number of aromatic carboxylic acids is 1. The van der Waals surface area contributed by atoms with Gasteiger partial charge >= 0.3 is 5.97 Å². The third-order valence-electron chi connectivity index (χ3n) is 3.59. The van der Waals surface area contributed by atoms with Crippen LogP contribution in [0.3, 0.4) is 0 Å². The number of aromatic nitrogens is 1. The van der Waals surface area contributed by atoms with Gasteiger partial charge in [-0.25, -0.2) is 9.78 Å². The first kappa shape index (κ1) is 15.3. The molecule has 1 aliphatic heterocycles. The molecule has 0 saturated carbocycles. The molecule has 1 aromatic heterocycles. The average molecular weight is 342 g/mol. The fourth-order valence-corrected chi connectivity index (χ4v) is 2.76. The minimum absolute atomic E-state index is 0.148. The molecule has 5 nitrogen and oxygen atoms in total. The van der Waals surface area contributed by atoms with Gasteiger partial charge in [-0.15, -0.1) is 0 Å². The first-order valence-corrected chi connectivity index (χ1v) is 7.47. The predicted octanol–water partition coefficient (Wildman–Crippen LogP) is 2.46. The van der Waals surface area contributed by atoms with E-state index in [4.69, 9.17) is 0 Å². The maximum atomic E-state index is 11.3. The number of carbonyl (C=O) groups is 1. The monoisotopic (exact) mass is 341 g/mol. The molecule has 0 atom stereocenters. The molecule has 1 saturated heterocycles. The van der Waals surface area contributed by atoms with Crippen LogP contribution in [0.15, 0.2) is 16.7 Å². The Morgan fingerprint density at radius 1 is 1.30 bits per heavy atom. The highest BCUT2D eigenvalue weighted by atomic mass is 79.9. The molecule has 110 valence electrons. The van der Waals surface area contributed by atoms with Gasteiger partial charge in [0.1, 0.15) is 11.4 Å². The van der Waals surface area contributed by atoms with Gasteiger partial charge in [0.2, 0.25) is 0 Å². The van der Waals surface area contributed by atoms with Crippen LogP contribution in [0.4, 0.5) is 5.82 Å².